The maximum absolute atomic E-state index is 12.7. The smallest absolute Gasteiger partial charge is 0.338 e. The lowest BCUT2D eigenvalue weighted by atomic mass is 9.92. The van der Waals surface area contributed by atoms with E-state index in [9.17, 15) is 9.59 Å². The van der Waals surface area contributed by atoms with Crippen molar-refractivity contribution in [3.63, 3.8) is 0 Å². The van der Waals surface area contributed by atoms with Crippen LogP contribution in [0.1, 0.15) is 50.8 Å². The number of carbonyl (C=O) groups is 2. The summed E-state index contributed by atoms with van der Waals surface area (Å²) in [4.78, 5) is 31.2. The molecule has 0 N–H and O–H groups in total. The Labute approximate surface area is 152 Å². The molecule has 0 aromatic heterocycles. The number of hydrogen-bond donors (Lipinski definition) is 0. The van der Waals surface area contributed by atoms with Gasteiger partial charge in [0.2, 0.25) is 5.91 Å². The molecule has 0 spiro atoms. The molecular weight excluding hydrogens is 336 g/mol. The van der Waals surface area contributed by atoms with Crippen LogP contribution in [0.2, 0.25) is 0 Å². The first-order valence-corrected chi connectivity index (χ1v) is 9.20. The van der Waals surface area contributed by atoms with Gasteiger partial charge in [0.25, 0.3) is 0 Å². The Hall–Kier alpha value is -2.08. The molecule has 1 fully saturated rings. The fourth-order valence-electron chi connectivity index (χ4n) is 3.15. The highest BCUT2D eigenvalue weighted by molar-refractivity contribution is 8.15. The molecule has 2 aliphatic rings. The van der Waals surface area contributed by atoms with E-state index in [0.717, 1.165) is 5.56 Å². The molecule has 1 amide bonds. The van der Waals surface area contributed by atoms with Gasteiger partial charge < -0.3 is 4.74 Å². The fraction of sp³-hybridized carbons (Fsp3) is 0.421. The van der Waals surface area contributed by atoms with Gasteiger partial charge in [-0.25, -0.2) is 9.79 Å². The van der Waals surface area contributed by atoms with Crippen LogP contribution in [0.4, 0.5) is 0 Å². The maximum Gasteiger partial charge on any atom is 0.338 e. The third-order valence-electron chi connectivity index (χ3n) is 4.58. The number of ether oxygens (including phenoxy) is 1. The van der Waals surface area contributed by atoms with Gasteiger partial charge in [0.15, 0.2) is 5.17 Å². The van der Waals surface area contributed by atoms with E-state index in [1.165, 1.54) is 24.4 Å². The van der Waals surface area contributed by atoms with Crippen LogP contribution < -0.4 is 0 Å². The lowest BCUT2D eigenvalue weighted by Crippen LogP contribution is -2.40. The summed E-state index contributed by atoms with van der Waals surface area (Å²) in [6.07, 6.45) is 0. The number of hydrogen-bond acceptors (Lipinski definition) is 5. The lowest BCUT2D eigenvalue weighted by molar-refractivity contribution is -0.137. The molecule has 6 heteroatoms. The van der Waals surface area contributed by atoms with E-state index in [-0.39, 0.29) is 11.2 Å². The third-order valence-corrected chi connectivity index (χ3v) is 5.64. The highest BCUT2D eigenvalue weighted by Gasteiger charge is 2.46. The summed E-state index contributed by atoms with van der Waals surface area (Å²) >= 11 is 1.43. The number of aliphatic imine (C=N–C) groups is 1. The first-order valence-electron chi connectivity index (χ1n) is 8.32. The Morgan fingerprint density at radius 3 is 2.48 bits per heavy atom. The molecule has 1 saturated heterocycles. The van der Waals surface area contributed by atoms with Crippen molar-refractivity contribution < 1.29 is 14.3 Å². The molecule has 0 bridgehead atoms. The Balaban J connectivity index is 2.12. The summed E-state index contributed by atoms with van der Waals surface area (Å²) in [5.74, 6) is -0.0648. The standard InChI is InChI=1S/C19H22N2O3S/c1-10(2)13-6-8-14(9-7-13)16-15(18(23)24-5)11(3)20-19-21(16)17(22)12(4)25-19/h6-10,12,16H,1-5H3/t12-,16-/m0/s1. The number of thioether (sulfide) groups is 1. The van der Waals surface area contributed by atoms with E-state index in [4.69, 9.17) is 4.74 Å². The number of methoxy groups -OCH3 is 1. The zero-order valence-corrected chi connectivity index (χ0v) is 15.9. The van der Waals surface area contributed by atoms with Gasteiger partial charge in [0.1, 0.15) is 0 Å². The molecule has 0 unspecified atom stereocenters. The molecule has 0 radical (unpaired) electrons. The van der Waals surface area contributed by atoms with E-state index in [2.05, 4.69) is 18.8 Å². The predicted molar refractivity (Wildman–Crippen MR) is 99.3 cm³/mol. The monoisotopic (exact) mass is 358 g/mol. The SMILES string of the molecule is COC(=O)C1=C(C)N=C2S[C@@H](C)C(=O)N2[C@H]1c1ccc(C(C)C)cc1. The van der Waals surface area contributed by atoms with Crippen molar-refractivity contribution in [3.05, 3.63) is 46.7 Å². The minimum Gasteiger partial charge on any atom is -0.466 e. The first kappa shape index (κ1) is 17.7. The molecule has 2 heterocycles. The number of nitrogens with zero attached hydrogens (tertiary/aromatic N) is 2. The van der Waals surface area contributed by atoms with Gasteiger partial charge in [-0.1, -0.05) is 49.9 Å². The molecule has 2 aliphatic heterocycles. The fourth-order valence-corrected chi connectivity index (χ4v) is 4.18. The maximum atomic E-state index is 12.7. The van der Waals surface area contributed by atoms with Crippen LogP contribution >= 0.6 is 11.8 Å². The molecule has 0 aliphatic carbocycles. The molecule has 1 aromatic rings. The van der Waals surface area contributed by atoms with E-state index in [1.54, 1.807) is 11.8 Å². The Kier molecular flexibility index (Phi) is 4.73. The molecule has 1 aromatic carbocycles. The van der Waals surface area contributed by atoms with Gasteiger partial charge in [-0.3, -0.25) is 9.69 Å². The van der Waals surface area contributed by atoms with Crippen molar-refractivity contribution in [1.82, 2.24) is 4.90 Å². The van der Waals surface area contributed by atoms with Crippen molar-refractivity contribution in [2.75, 3.05) is 7.11 Å². The lowest BCUT2D eigenvalue weighted by Gasteiger charge is -2.33. The van der Waals surface area contributed by atoms with Crippen molar-refractivity contribution in [3.8, 4) is 0 Å². The number of amidine groups is 1. The van der Waals surface area contributed by atoms with Gasteiger partial charge in [0.05, 0.1) is 29.7 Å². The summed E-state index contributed by atoms with van der Waals surface area (Å²) in [5, 5.41) is 0.446. The number of carbonyl (C=O) groups excluding carboxylic acids is 2. The molecule has 132 valence electrons. The van der Waals surface area contributed by atoms with Crippen molar-refractivity contribution >= 4 is 28.8 Å². The predicted octanol–water partition coefficient (Wildman–Crippen LogP) is 3.63. The summed E-state index contributed by atoms with van der Waals surface area (Å²) < 4.78 is 4.97. The number of rotatable bonds is 3. The van der Waals surface area contributed by atoms with Gasteiger partial charge in [-0.15, -0.1) is 0 Å². The number of benzene rings is 1. The molecule has 3 rings (SSSR count). The Bertz CT molecular complexity index is 780. The first-order chi connectivity index (χ1) is 11.8. The minimum absolute atomic E-state index is 0.0319. The van der Waals surface area contributed by atoms with Gasteiger partial charge in [-0.05, 0) is 30.9 Å². The zero-order chi connectivity index (χ0) is 18.3. The van der Waals surface area contributed by atoms with E-state index >= 15 is 0 Å². The topological polar surface area (TPSA) is 59.0 Å². The van der Waals surface area contributed by atoms with Crippen LogP contribution in [0.3, 0.4) is 0 Å². The largest absolute Gasteiger partial charge is 0.466 e. The van der Waals surface area contributed by atoms with Gasteiger partial charge in [0, 0.05) is 0 Å². The van der Waals surface area contributed by atoms with Crippen molar-refractivity contribution in [2.45, 2.75) is 44.9 Å². The van der Waals surface area contributed by atoms with Crippen molar-refractivity contribution in [1.29, 1.82) is 0 Å². The van der Waals surface area contributed by atoms with Crippen LogP contribution in [0.5, 0.6) is 0 Å². The zero-order valence-electron chi connectivity index (χ0n) is 15.1. The second-order valence-electron chi connectivity index (χ2n) is 6.58. The quantitative estimate of drug-likeness (QED) is 0.774. The third kappa shape index (κ3) is 2.99. The van der Waals surface area contributed by atoms with Crippen LogP contribution in [0.15, 0.2) is 40.5 Å². The van der Waals surface area contributed by atoms with Crippen LogP contribution in [0, 0.1) is 0 Å². The molecule has 0 saturated carbocycles. The van der Waals surface area contributed by atoms with Crippen LogP contribution in [-0.2, 0) is 14.3 Å². The van der Waals surface area contributed by atoms with Crippen molar-refractivity contribution in [2.24, 2.45) is 4.99 Å². The van der Waals surface area contributed by atoms with E-state index in [1.807, 2.05) is 31.2 Å². The van der Waals surface area contributed by atoms with Gasteiger partial charge in [-0.2, -0.15) is 0 Å². The van der Waals surface area contributed by atoms with E-state index in [0.29, 0.717) is 22.4 Å². The summed E-state index contributed by atoms with van der Waals surface area (Å²) in [6.45, 7) is 7.92. The average molecular weight is 358 g/mol. The molecule has 25 heavy (non-hydrogen) atoms. The summed E-state index contributed by atoms with van der Waals surface area (Å²) in [7, 11) is 1.35. The highest BCUT2D eigenvalue weighted by atomic mass is 32.2. The van der Waals surface area contributed by atoms with Gasteiger partial charge >= 0.3 is 5.97 Å². The van der Waals surface area contributed by atoms with Crippen LogP contribution in [0.25, 0.3) is 0 Å². The summed E-state index contributed by atoms with van der Waals surface area (Å²) in [5.41, 5.74) is 3.13. The second kappa shape index (κ2) is 6.67. The normalized spacial score (nSPS) is 23.0. The number of esters is 1. The number of amides is 1. The highest BCUT2D eigenvalue weighted by Crippen LogP contribution is 2.43. The molecule has 2 atom stereocenters. The van der Waals surface area contributed by atoms with Crippen LogP contribution in [-0.4, -0.2) is 34.3 Å². The minimum atomic E-state index is -0.494. The average Bonchev–Trinajstić information content (AvgIpc) is 2.87. The Morgan fingerprint density at radius 2 is 1.92 bits per heavy atom. The molecule has 5 nitrogen and oxygen atoms in total. The molecular formula is C19H22N2O3S. The second-order valence-corrected chi connectivity index (χ2v) is 7.89. The van der Waals surface area contributed by atoms with E-state index < -0.39 is 12.0 Å². The Morgan fingerprint density at radius 1 is 1.28 bits per heavy atom. The number of allylic oxidation sites excluding steroid dienone is 1. The number of fused-ring (bicyclic) bond motifs is 1. The summed E-state index contributed by atoms with van der Waals surface area (Å²) in [6, 6.07) is 7.57.